The van der Waals surface area contributed by atoms with Crippen molar-refractivity contribution in [3.05, 3.63) is 53.6 Å². The second kappa shape index (κ2) is 13.8. The number of nitrogens with zero attached hydrogens (tertiary/aromatic N) is 6. The Kier molecular flexibility index (Phi) is 9.88. The van der Waals surface area contributed by atoms with Gasteiger partial charge < -0.3 is 31.5 Å². The van der Waals surface area contributed by atoms with Gasteiger partial charge in [0.1, 0.15) is 30.7 Å². The number of nitrogens with one attached hydrogen (secondary N) is 2. The van der Waals surface area contributed by atoms with Gasteiger partial charge in [0, 0.05) is 30.9 Å². The molecule has 2 aliphatic rings. The van der Waals surface area contributed by atoms with E-state index in [1.165, 1.54) is 22.7 Å². The summed E-state index contributed by atoms with van der Waals surface area (Å²) in [6.07, 6.45) is -0.198. The third-order valence-corrected chi connectivity index (χ3v) is 8.83. The lowest BCUT2D eigenvalue weighted by Crippen LogP contribution is -2.64. The second-order valence-electron chi connectivity index (χ2n) is 10.4. The number of ether oxygens (including phenoxy) is 1. The molecule has 4 heterocycles. The van der Waals surface area contributed by atoms with Gasteiger partial charge in [0.25, 0.3) is 6.10 Å². The third-order valence-electron chi connectivity index (χ3n) is 7.21. The molecular weight excluding hydrogens is 648 g/mol. The van der Waals surface area contributed by atoms with Crippen molar-refractivity contribution < 1.29 is 42.0 Å². The van der Waals surface area contributed by atoms with Gasteiger partial charge in [0.05, 0.1) is 24.7 Å². The minimum atomic E-state index is -4.94. The summed E-state index contributed by atoms with van der Waals surface area (Å²) in [6, 6.07) is 5.80. The molecule has 46 heavy (non-hydrogen) atoms. The Morgan fingerprint density at radius 2 is 2.00 bits per heavy atom. The molecule has 0 saturated carbocycles. The van der Waals surface area contributed by atoms with Crippen LogP contribution >= 0.6 is 11.3 Å². The van der Waals surface area contributed by atoms with E-state index in [1.54, 1.807) is 24.3 Å². The van der Waals surface area contributed by atoms with E-state index in [4.69, 9.17) is 21.0 Å². The van der Waals surface area contributed by atoms with E-state index in [0.717, 1.165) is 30.0 Å². The molecule has 2 aromatic heterocycles. The fourth-order valence-electron chi connectivity index (χ4n) is 4.70. The summed E-state index contributed by atoms with van der Waals surface area (Å²) >= 11 is 0.970. The van der Waals surface area contributed by atoms with Gasteiger partial charge in [-0.1, -0.05) is 17.3 Å². The molecule has 0 spiro atoms. The molecule has 0 radical (unpaired) electrons. The molecule has 2 fully saturated rings. The smallest absolute Gasteiger partial charge is 0.362 e. The van der Waals surface area contributed by atoms with Crippen molar-refractivity contribution in [3.63, 3.8) is 0 Å². The van der Waals surface area contributed by atoms with Gasteiger partial charge in [-0.2, -0.15) is 13.5 Å². The molecule has 8 N–H and O–H groups in total. The van der Waals surface area contributed by atoms with Gasteiger partial charge in [-0.15, -0.1) is 11.3 Å². The van der Waals surface area contributed by atoms with Crippen LogP contribution in [0.5, 0.6) is 5.75 Å². The lowest BCUT2D eigenvalue weighted by Gasteiger charge is -2.43. The maximum Gasteiger partial charge on any atom is 0.362 e. The minimum Gasteiger partial charge on any atom is -0.489 e. The summed E-state index contributed by atoms with van der Waals surface area (Å²) in [7, 11) is -4.94. The zero-order valence-corrected chi connectivity index (χ0v) is 25.5. The Hall–Kier alpha value is -4.54. The average molecular weight is 679 g/mol. The number of hydrogen-bond donors (Lipinski definition) is 6. The number of carbonyl (C=O) groups is 3. The summed E-state index contributed by atoms with van der Waals surface area (Å²) < 4.78 is 40.3. The number of ketones is 1. The number of hydrogen-bond acceptors (Lipinski definition) is 16. The van der Waals surface area contributed by atoms with Gasteiger partial charge >= 0.3 is 16.3 Å². The zero-order valence-electron chi connectivity index (χ0n) is 23.9. The fraction of sp³-hybridized carbons (Fsp3) is 0.400. The van der Waals surface area contributed by atoms with Crippen LogP contribution in [0, 0.1) is 5.92 Å². The van der Waals surface area contributed by atoms with Crippen molar-refractivity contribution >= 4 is 50.1 Å². The quantitative estimate of drug-likeness (QED) is 0.0326. The zero-order chi connectivity index (χ0) is 33.0. The Labute approximate surface area is 265 Å². The van der Waals surface area contributed by atoms with E-state index in [2.05, 4.69) is 30.9 Å². The number of Topliss-reactive ketones (excluding diaryl/α,β-unsaturated/α-hetero) is 1. The van der Waals surface area contributed by atoms with Crippen molar-refractivity contribution in [2.75, 3.05) is 25.4 Å². The van der Waals surface area contributed by atoms with Gasteiger partial charge in [-0.05, 0) is 17.7 Å². The molecule has 5 rings (SSSR count). The number of aliphatic carboxylic acids is 1. The molecule has 246 valence electrons. The summed E-state index contributed by atoms with van der Waals surface area (Å²) in [6.45, 7) is 0.956. The Morgan fingerprint density at radius 1 is 1.26 bits per heavy atom. The molecule has 1 aromatic carbocycles. The molecule has 21 heteroatoms. The van der Waals surface area contributed by atoms with Gasteiger partial charge in [-0.25, -0.2) is 19.1 Å². The highest BCUT2D eigenvalue weighted by Crippen LogP contribution is 2.33. The van der Waals surface area contributed by atoms with Crippen LogP contribution in [0.3, 0.4) is 0 Å². The van der Waals surface area contributed by atoms with Crippen molar-refractivity contribution in [2.24, 2.45) is 16.8 Å². The normalized spacial score (nSPS) is 20.0. The monoisotopic (exact) mass is 678 g/mol. The number of thiazole rings is 1. The SMILES string of the molecule is Nc1nc(/C(=N/O[C@@H](COc2ccc(C(N)NC3CNC3)cc2)C(=O)O)C(=O)C[C@@H]2C(=O)N(S(=O)(=O)O)[C@@H]2Cn2cncn2)cs1. The number of nitrogen functional groups attached to an aromatic ring is 1. The number of β-lactam (4-membered cyclic amide) rings is 1. The first kappa shape index (κ1) is 32.8. The van der Waals surface area contributed by atoms with Crippen LogP contribution in [0.1, 0.15) is 23.8 Å². The topological polar surface area (TPSA) is 280 Å². The maximum atomic E-state index is 13.4. The number of aromatic nitrogens is 4. The lowest BCUT2D eigenvalue weighted by atomic mass is 9.84. The number of carboxylic acids is 1. The minimum absolute atomic E-state index is 0.0537. The Balaban J connectivity index is 1.27. The number of amides is 1. The first-order chi connectivity index (χ1) is 21.9. The lowest BCUT2D eigenvalue weighted by molar-refractivity contribution is -0.152. The molecule has 2 aliphatic heterocycles. The van der Waals surface area contributed by atoms with Crippen LogP contribution in [0.4, 0.5) is 5.13 Å². The number of benzene rings is 1. The van der Waals surface area contributed by atoms with Crippen molar-refractivity contribution in [2.45, 2.75) is 37.3 Å². The Morgan fingerprint density at radius 3 is 2.57 bits per heavy atom. The third kappa shape index (κ3) is 7.63. The average Bonchev–Trinajstić information content (AvgIpc) is 3.66. The highest BCUT2D eigenvalue weighted by Gasteiger charge is 2.54. The molecule has 0 bridgehead atoms. The molecule has 19 nitrogen and oxygen atoms in total. The predicted molar refractivity (Wildman–Crippen MR) is 160 cm³/mol. The van der Waals surface area contributed by atoms with E-state index >= 15 is 0 Å². The number of carboxylic acid groups (broad SMARTS) is 1. The standard InChI is InChI=1S/C25H30N10O9S2/c26-22(31-14-6-28-7-14)13-1-3-15(4-2-13)43-9-20(24(38)39)44-33-21(17-10-45-25(27)32-17)19(36)5-16-18(8-34-12-29-11-30-34)35(23(16)37)46(40,41)42/h1-4,10-12,14,16,18,20,22,28,31H,5-9,26H2,(H2,27,32)(H,38,39)(H,40,41,42)/b33-21-/t16-,18+,20-,22?/m0/s1. The second-order valence-corrected chi connectivity index (χ2v) is 12.5. The first-order valence-electron chi connectivity index (χ1n) is 13.7. The van der Waals surface area contributed by atoms with Crippen LogP contribution in [-0.2, 0) is 36.1 Å². The number of nitrogens with two attached hydrogens (primary N) is 2. The summed E-state index contributed by atoms with van der Waals surface area (Å²) in [5.41, 5.74) is 12.2. The van der Waals surface area contributed by atoms with E-state index in [9.17, 15) is 32.5 Å². The van der Waals surface area contributed by atoms with Gasteiger partial charge in [0.15, 0.2) is 16.6 Å². The molecule has 2 saturated heterocycles. The van der Waals surface area contributed by atoms with Crippen LogP contribution in [0.15, 0.2) is 47.5 Å². The highest BCUT2D eigenvalue weighted by atomic mass is 32.2. The molecule has 4 atom stereocenters. The largest absolute Gasteiger partial charge is 0.489 e. The van der Waals surface area contributed by atoms with E-state index in [0.29, 0.717) is 5.75 Å². The number of rotatable bonds is 16. The predicted octanol–water partition coefficient (Wildman–Crippen LogP) is -1.62. The molecule has 3 aromatic rings. The summed E-state index contributed by atoms with van der Waals surface area (Å²) in [4.78, 5) is 51.1. The van der Waals surface area contributed by atoms with E-state index in [1.807, 2.05) is 0 Å². The van der Waals surface area contributed by atoms with Crippen molar-refractivity contribution in [1.29, 1.82) is 0 Å². The highest BCUT2D eigenvalue weighted by molar-refractivity contribution is 7.84. The van der Waals surface area contributed by atoms with E-state index < -0.39 is 70.9 Å². The van der Waals surface area contributed by atoms with Gasteiger partial charge in [0.2, 0.25) is 5.91 Å². The molecular formula is C25H30N10O9S2. The van der Waals surface area contributed by atoms with Crippen LogP contribution in [-0.4, -0.2) is 103 Å². The number of anilines is 1. The molecule has 1 amide bonds. The number of oxime groups is 1. The summed E-state index contributed by atoms with van der Waals surface area (Å²) in [5, 5.41) is 25.2. The summed E-state index contributed by atoms with van der Waals surface area (Å²) in [5.74, 6) is -4.19. The van der Waals surface area contributed by atoms with Crippen LogP contribution < -0.4 is 26.8 Å². The maximum absolute atomic E-state index is 13.4. The first-order valence-corrected chi connectivity index (χ1v) is 16.0. The van der Waals surface area contributed by atoms with Crippen LogP contribution in [0.25, 0.3) is 0 Å². The Bertz CT molecular complexity index is 1690. The van der Waals surface area contributed by atoms with Crippen LogP contribution in [0.2, 0.25) is 0 Å². The van der Waals surface area contributed by atoms with Crippen molar-refractivity contribution in [1.82, 2.24) is 34.7 Å². The van der Waals surface area contributed by atoms with Crippen molar-refractivity contribution in [3.8, 4) is 5.75 Å². The molecule has 1 unspecified atom stereocenters. The number of carbonyl (C=O) groups excluding carboxylic acids is 2. The fourth-order valence-corrected chi connectivity index (χ4v) is 6.16. The molecule has 0 aliphatic carbocycles. The van der Waals surface area contributed by atoms with Gasteiger partial charge in [-0.3, -0.25) is 24.1 Å². The van der Waals surface area contributed by atoms with E-state index in [-0.39, 0.29) is 27.7 Å².